The van der Waals surface area contributed by atoms with Crippen LogP contribution >= 0.6 is 27.5 Å². The van der Waals surface area contributed by atoms with E-state index in [0.29, 0.717) is 28.6 Å². The quantitative estimate of drug-likeness (QED) is 0.678. The fraction of sp³-hybridized carbons (Fsp3) is 0.0625. The van der Waals surface area contributed by atoms with Gasteiger partial charge in [0.15, 0.2) is 5.89 Å². The number of hydrogen-bond acceptors (Lipinski definition) is 3. The van der Waals surface area contributed by atoms with Gasteiger partial charge < -0.3 is 9.52 Å². The molecule has 1 N–H and O–H groups in total. The fourth-order valence-electron chi connectivity index (χ4n) is 2.06. The van der Waals surface area contributed by atoms with E-state index in [-0.39, 0.29) is 11.6 Å². The number of benzene rings is 2. The van der Waals surface area contributed by atoms with Gasteiger partial charge in [0.2, 0.25) is 0 Å². The third kappa shape index (κ3) is 3.15. The molecule has 1 aromatic heterocycles. The number of halogens is 3. The number of nitrogens with zero attached hydrogens (tertiary/aromatic N) is 1. The van der Waals surface area contributed by atoms with Crippen LogP contribution in [0.4, 0.5) is 4.39 Å². The Morgan fingerprint density at radius 2 is 2.05 bits per heavy atom. The summed E-state index contributed by atoms with van der Waals surface area (Å²) in [5, 5.41) is 10.2. The maximum absolute atomic E-state index is 13.0. The van der Waals surface area contributed by atoms with E-state index in [0.717, 1.165) is 10.0 Å². The lowest BCUT2D eigenvalue weighted by Crippen LogP contribution is -1.91. The summed E-state index contributed by atoms with van der Waals surface area (Å²) in [6.07, 6.45) is 1.81. The number of aromatic hydroxyl groups is 1. The monoisotopic (exact) mass is 381 g/mol. The average molecular weight is 383 g/mol. The normalized spacial score (nSPS) is 10.9. The summed E-state index contributed by atoms with van der Waals surface area (Å²) in [5.41, 5.74) is 1.80. The lowest BCUT2D eigenvalue weighted by molar-refractivity contribution is 0.477. The van der Waals surface area contributed by atoms with Gasteiger partial charge in [-0.05, 0) is 35.9 Å². The van der Waals surface area contributed by atoms with Gasteiger partial charge in [0.25, 0.3) is 0 Å². The molecule has 3 aromatic rings. The van der Waals surface area contributed by atoms with Crippen molar-refractivity contribution in [2.45, 2.75) is 6.42 Å². The van der Waals surface area contributed by atoms with Crippen LogP contribution < -0.4 is 0 Å². The summed E-state index contributed by atoms with van der Waals surface area (Å²) in [5.74, 6) is 0.159. The van der Waals surface area contributed by atoms with E-state index in [9.17, 15) is 9.50 Å². The van der Waals surface area contributed by atoms with Crippen molar-refractivity contribution in [3.8, 4) is 17.0 Å². The summed E-state index contributed by atoms with van der Waals surface area (Å²) < 4.78 is 19.3. The third-order valence-electron chi connectivity index (χ3n) is 3.14. The molecule has 3 nitrogen and oxygen atoms in total. The molecule has 0 fully saturated rings. The lowest BCUT2D eigenvalue weighted by Gasteiger charge is -2.02. The van der Waals surface area contributed by atoms with Crippen LogP contribution in [0.25, 0.3) is 11.3 Å². The smallest absolute Gasteiger partial charge is 0.199 e. The minimum absolute atomic E-state index is 0.114. The Labute approximate surface area is 139 Å². The molecule has 3 rings (SSSR count). The molecule has 0 aliphatic carbocycles. The Hall–Kier alpha value is -1.85. The predicted molar refractivity (Wildman–Crippen MR) is 85.5 cm³/mol. The minimum Gasteiger partial charge on any atom is -0.507 e. The number of hydrogen-bond donors (Lipinski definition) is 1. The molecule has 6 heteroatoms. The van der Waals surface area contributed by atoms with Crippen LogP contribution in [0.15, 0.2) is 51.6 Å². The minimum atomic E-state index is -0.388. The van der Waals surface area contributed by atoms with Crippen molar-refractivity contribution in [1.82, 2.24) is 4.98 Å². The highest BCUT2D eigenvalue weighted by atomic mass is 79.9. The van der Waals surface area contributed by atoms with Crippen LogP contribution in [0, 0.1) is 5.82 Å². The highest BCUT2D eigenvalue weighted by Gasteiger charge is 2.12. The zero-order valence-corrected chi connectivity index (χ0v) is 13.5. The molecular formula is C16H10BrClFNO2. The number of phenolic OH excluding ortho intramolecular Hbond substituents is 1. The molecule has 0 saturated heterocycles. The zero-order chi connectivity index (χ0) is 15.7. The van der Waals surface area contributed by atoms with Crippen LogP contribution in [-0.4, -0.2) is 10.1 Å². The molecule has 0 radical (unpaired) electrons. The van der Waals surface area contributed by atoms with Crippen molar-refractivity contribution in [3.05, 3.63) is 69.4 Å². The molecule has 0 saturated carbocycles. The van der Waals surface area contributed by atoms with Gasteiger partial charge in [-0.3, -0.25) is 0 Å². The van der Waals surface area contributed by atoms with E-state index in [2.05, 4.69) is 20.9 Å². The maximum Gasteiger partial charge on any atom is 0.199 e. The second-order valence-corrected chi connectivity index (χ2v) is 6.02. The standard InChI is InChI=1S/C16H10BrClFNO2/c17-10-2-4-15(21)12(6-10)14-8-22-16(20-14)5-9-1-3-11(19)7-13(9)18/h1-4,6-8,21H,5H2. The first kappa shape index (κ1) is 15.1. The molecule has 0 spiro atoms. The van der Waals surface area contributed by atoms with Gasteiger partial charge in [0.1, 0.15) is 23.5 Å². The fourth-order valence-corrected chi connectivity index (χ4v) is 2.65. The number of oxazole rings is 1. The van der Waals surface area contributed by atoms with Gasteiger partial charge in [-0.1, -0.05) is 33.6 Å². The molecule has 112 valence electrons. The highest BCUT2D eigenvalue weighted by molar-refractivity contribution is 9.10. The van der Waals surface area contributed by atoms with Crippen molar-refractivity contribution < 1.29 is 13.9 Å². The van der Waals surface area contributed by atoms with Gasteiger partial charge in [0.05, 0.1) is 6.42 Å². The van der Waals surface area contributed by atoms with Gasteiger partial charge in [-0.2, -0.15) is 0 Å². The number of aromatic nitrogens is 1. The van der Waals surface area contributed by atoms with Crippen LogP contribution in [0.3, 0.4) is 0 Å². The van der Waals surface area contributed by atoms with Crippen LogP contribution in [0.5, 0.6) is 5.75 Å². The predicted octanol–water partition coefficient (Wildman–Crippen LogP) is 5.19. The van der Waals surface area contributed by atoms with Crippen molar-refractivity contribution in [1.29, 1.82) is 0 Å². The Kier molecular flexibility index (Phi) is 4.18. The third-order valence-corrected chi connectivity index (χ3v) is 3.99. The SMILES string of the molecule is Oc1ccc(Br)cc1-c1coc(Cc2ccc(F)cc2Cl)n1. The van der Waals surface area contributed by atoms with E-state index >= 15 is 0 Å². The molecule has 1 heterocycles. The molecule has 0 aliphatic heterocycles. The van der Waals surface area contributed by atoms with Crippen molar-refractivity contribution in [2.75, 3.05) is 0 Å². The first-order valence-corrected chi connectivity index (χ1v) is 7.57. The average Bonchev–Trinajstić information content (AvgIpc) is 2.93. The van der Waals surface area contributed by atoms with Gasteiger partial charge in [0, 0.05) is 15.1 Å². The molecule has 22 heavy (non-hydrogen) atoms. The molecule has 0 unspecified atom stereocenters. The van der Waals surface area contributed by atoms with Crippen LogP contribution in [0.2, 0.25) is 5.02 Å². The first-order chi connectivity index (χ1) is 10.5. The van der Waals surface area contributed by atoms with Crippen molar-refractivity contribution in [3.63, 3.8) is 0 Å². The van der Waals surface area contributed by atoms with E-state index < -0.39 is 0 Å². The number of phenols is 1. The summed E-state index contributed by atoms with van der Waals surface area (Å²) in [7, 11) is 0. The topological polar surface area (TPSA) is 46.3 Å². The molecule has 0 atom stereocenters. The Balaban J connectivity index is 1.89. The van der Waals surface area contributed by atoms with Crippen molar-refractivity contribution >= 4 is 27.5 Å². The van der Waals surface area contributed by atoms with Crippen LogP contribution in [-0.2, 0) is 6.42 Å². The van der Waals surface area contributed by atoms with E-state index in [1.54, 1.807) is 24.3 Å². The molecule has 0 bridgehead atoms. The second kappa shape index (κ2) is 6.10. The molecule has 0 aliphatic rings. The molecule has 0 amide bonds. The van der Waals surface area contributed by atoms with Crippen molar-refractivity contribution in [2.24, 2.45) is 0 Å². The van der Waals surface area contributed by atoms with Gasteiger partial charge in [-0.25, -0.2) is 9.37 Å². The van der Waals surface area contributed by atoms with E-state index in [1.165, 1.54) is 18.4 Å². The second-order valence-electron chi connectivity index (χ2n) is 4.70. The van der Waals surface area contributed by atoms with Crippen LogP contribution in [0.1, 0.15) is 11.5 Å². The first-order valence-electron chi connectivity index (χ1n) is 6.40. The Morgan fingerprint density at radius 1 is 1.23 bits per heavy atom. The lowest BCUT2D eigenvalue weighted by atomic mass is 10.1. The van der Waals surface area contributed by atoms with Gasteiger partial charge in [-0.15, -0.1) is 0 Å². The molecular weight excluding hydrogens is 373 g/mol. The Bertz CT molecular complexity index is 835. The van der Waals surface area contributed by atoms with Gasteiger partial charge >= 0.3 is 0 Å². The Morgan fingerprint density at radius 3 is 2.82 bits per heavy atom. The summed E-state index contributed by atoms with van der Waals surface area (Å²) in [6, 6.07) is 9.24. The zero-order valence-electron chi connectivity index (χ0n) is 11.2. The number of rotatable bonds is 3. The summed E-state index contributed by atoms with van der Waals surface area (Å²) >= 11 is 9.34. The van der Waals surface area contributed by atoms with E-state index in [1.807, 2.05) is 0 Å². The summed E-state index contributed by atoms with van der Waals surface area (Å²) in [6.45, 7) is 0. The van der Waals surface area contributed by atoms with E-state index in [4.69, 9.17) is 16.0 Å². The largest absolute Gasteiger partial charge is 0.507 e. The molecule has 2 aromatic carbocycles. The highest BCUT2D eigenvalue weighted by Crippen LogP contribution is 2.31. The summed E-state index contributed by atoms with van der Waals surface area (Å²) in [4.78, 5) is 4.34. The maximum atomic E-state index is 13.0.